The molecule has 188 valence electrons. The van der Waals surface area contributed by atoms with Crippen molar-refractivity contribution < 1.29 is 9.84 Å². The van der Waals surface area contributed by atoms with Crippen molar-refractivity contribution in [3.05, 3.63) is 42.2 Å². The summed E-state index contributed by atoms with van der Waals surface area (Å²) >= 11 is 1.56. The molecule has 0 spiro atoms. The highest BCUT2D eigenvalue weighted by atomic mass is 32.1. The number of aromatic nitrogens is 5. The summed E-state index contributed by atoms with van der Waals surface area (Å²) in [7, 11) is 0. The van der Waals surface area contributed by atoms with Crippen LogP contribution in [0, 0.1) is 23.2 Å². The number of aliphatic hydroxyl groups is 1. The Morgan fingerprint density at radius 3 is 2.70 bits per heavy atom. The number of nitriles is 1. The molecule has 4 aromatic heterocycles. The minimum Gasteiger partial charge on any atom is -0.392 e. The fraction of sp³-hybridized carbons (Fsp3) is 0.423. The van der Waals surface area contributed by atoms with Crippen molar-refractivity contribution >= 4 is 27.7 Å². The van der Waals surface area contributed by atoms with Crippen LogP contribution in [0.2, 0.25) is 0 Å². The number of rotatable bonds is 5. The van der Waals surface area contributed by atoms with Crippen molar-refractivity contribution in [3.63, 3.8) is 0 Å². The maximum Gasteiger partial charge on any atom is 0.208 e. The van der Waals surface area contributed by atoms with Crippen LogP contribution in [0.4, 0.5) is 10.8 Å². The number of aliphatic hydroxyl groups excluding tert-OH is 1. The van der Waals surface area contributed by atoms with E-state index in [1.807, 2.05) is 30.5 Å². The lowest BCUT2D eigenvalue weighted by molar-refractivity contribution is -0.0318. The summed E-state index contributed by atoms with van der Waals surface area (Å²) in [6.07, 6.45) is 5.38. The third kappa shape index (κ3) is 3.83. The van der Waals surface area contributed by atoms with Crippen LogP contribution in [0.15, 0.2) is 36.7 Å². The number of pyridine rings is 1. The monoisotopic (exact) mass is 514 g/mol. The van der Waals surface area contributed by atoms with E-state index in [0.29, 0.717) is 30.6 Å². The van der Waals surface area contributed by atoms with Crippen LogP contribution in [0.3, 0.4) is 0 Å². The zero-order valence-electron chi connectivity index (χ0n) is 20.3. The average Bonchev–Trinajstić information content (AvgIpc) is 3.58. The van der Waals surface area contributed by atoms with Crippen LogP contribution in [-0.4, -0.2) is 67.8 Å². The zero-order chi connectivity index (χ0) is 25.1. The standard InChI is InChI=1S/C26H26N8O2S/c1-26(13-36-14-26)30-20-7-21(22-5-4-18-6-15(8-27)9-29-34(18)22)28-10-19(20)24-31-32-25(37-24)33-11-16-2-3-17(12-33)23(16)35/h4-7,9-10,16-17,23,35H,2-3,11-14H2,1H3,(H,28,30)/t16-,17+,23?. The molecule has 4 aromatic rings. The van der Waals surface area contributed by atoms with Gasteiger partial charge in [-0.05, 0) is 44.0 Å². The first-order chi connectivity index (χ1) is 18.0. The van der Waals surface area contributed by atoms with Crippen LogP contribution in [-0.2, 0) is 4.74 Å². The first kappa shape index (κ1) is 22.6. The quantitative estimate of drug-likeness (QED) is 0.413. The molecule has 6 heterocycles. The number of piperidine rings is 1. The van der Waals surface area contributed by atoms with E-state index in [1.54, 1.807) is 22.0 Å². The van der Waals surface area contributed by atoms with Crippen LogP contribution < -0.4 is 10.2 Å². The van der Waals surface area contributed by atoms with Crippen molar-refractivity contribution in [2.75, 3.05) is 36.5 Å². The van der Waals surface area contributed by atoms with Gasteiger partial charge in [0.05, 0.1) is 59.1 Å². The number of hydrogen-bond acceptors (Lipinski definition) is 10. The Hall–Kier alpha value is -3.59. The fourth-order valence-electron chi connectivity index (χ4n) is 5.73. The van der Waals surface area contributed by atoms with Crippen LogP contribution in [0.5, 0.6) is 0 Å². The van der Waals surface area contributed by atoms with Gasteiger partial charge in [0.25, 0.3) is 0 Å². The number of anilines is 2. The summed E-state index contributed by atoms with van der Waals surface area (Å²) in [4.78, 5) is 7.06. The molecule has 37 heavy (non-hydrogen) atoms. The van der Waals surface area contributed by atoms with E-state index in [0.717, 1.165) is 64.2 Å². The second-order valence-corrected chi connectivity index (χ2v) is 11.5. The highest BCUT2D eigenvalue weighted by molar-refractivity contribution is 7.18. The third-order valence-corrected chi connectivity index (χ3v) is 8.79. The number of nitrogens with one attached hydrogen (secondary N) is 1. The van der Waals surface area contributed by atoms with E-state index in [9.17, 15) is 10.4 Å². The highest BCUT2D eigenvalue weighted by Crippen LogP contribution is 2.42. The number of hydrogen-bond donors (Lipinski definition) is 2. The Bertz CT molecular complexity index is 1520. The maximum atomic E-state index is 10.4. The summed E-state index contributed by atoms with van der Waals surface area (Å²) in [6, 6.07) is 9.88. The molecular formula is C26H26N8O2S. The van der Waals surface area contributed by atoms with E-state index in [1.165, 1.54) is 0 Å². The van der Waals surface area contributed by atoms with Gasteiger partial charge in [-0.2, -0.15) is 10.4 Å². The molecule has 2 aliphatic heterocycles. The molecule has 1 aliphatic carbocycles. The van der Waals surface area contributed by atoms with Gasteiger partial charge in [-0.3, -0.25) is 4.98 Å². The van der Waals surface area contributed by atoms with Gasteiger partial charge >= 0.3 is 0 Å². The molecule has 2 saturated heterocycles. The second kappa shape index (κ2) is 8.48. The molecular weight excluding hydrogens is 488 g/mol. The molecule has 0 aromatic carbocycles. The third-order valence-electron chi connectivity index (χ3n) is 7.77. The summed E-state index contributed by atoms with van der Waals surface area (Å²) in [5.41, 5.74) is 4.58. The molecule has 3 atom stereocenters. The fourth-order valence-corrected chi connectivity index (χ4v) is 6.62. The minimum absolute atomic E-state index is 0.176. The van der Waals surface area contributed by atoms with E-state index < -0.39 is 0 Å². The minimum atomic E-state index is -0.187. The average molecular weight is 515 g/mol. The Kier molecular flexibility index (Phi) is 5.18. The van der Waals surface area contributed by atoms with E-state index >= 15 is 0 Å². The van der Waals surface area contributed by atoms with E-state index in [2.05, 4.69) is 38.5 Å². The molecule has 1 saturated carbocycles. The SMILES string of the molecule is CC1(Nc2cc(-c3ccc4cc(C#N)cnn34)ncc2-c2nnc(N3C[C@H]4CC[C@@H](C3)C4O)s2)COC1. The van der Waals surface area contributed by atoms with E-state index in [-0.39, 0.29) is 11.6 Å². The van der Waals surface area contributed by atoms with Crippen LogP contribution in [0.1, 0.15) is 25.3 Å². The smallest absolute Gasteiger partial charge is 0.208 e. The predicted octanol–water partition coefficient (Wildman–Crippen LogP) is 3.19. The molecule has 3 fully saturated rings. The van der Waals surface area contributed by atoms with Crippen molar-refractivity contribution in [2.45, 2.75) is 31.4 Å². The van der Waals surface area contributed by atoms with Gasteiger partial charge < -0.3 is 20.1 Å². The molecule has 3 aliphatic rings. The first-order valence-electron chi connectivity index (χ1n) is 12.5. The molecule has 0 amide bonds. The normalized spacial score (nSPS) is 24.1. The molecule has 10 nitrogen and oxygen atoms in total. The van der Waals surface area contributed by atoms with Gasteiger partial charge in [-0.25, -0.2) is 4.52 Å². The Labute approximate surface area is 217 Å². The van der Waals surface area contributed by atoms with E-state index in [4.69, 9.17) is 9.72 Å². The summed E-state index contributed by atoms with van der Waals surface area (Å²) in [5.74, 6) is 0.634. The van der Waals surface area contributed by atoms with Gasteiger partial charge in [0.1, 0.15) is 6.07 Å². The van der Waals surface area contributed by atoms with Gasteiger partial charge in [0.2, 0.25) is 5.13 Å². The van der Waals surface area contributed by atoms with Crippen molar-refractivity contribution in [3.8, 4) is 28.0 Å². The number of nitrogens with zero attached hydrogens (tertiary/aromatic N) is 7. The van der Waals surface area contributed by atoms with Gasteiger partial charge in [0.15, 0.2) is 5.01 Å². The molecule has 11 heteroatoms. The largest absolute Gasteiger partial charge is 0.392 e. The molecule has 0 radical (unpaired) electrons. The van der Waals surface area contributed by atoms with Crippen molar-refractivity contribution in [2.24, 2.45) is 11.8 Å². The highest BCUT2D eigenvalue weighted by Gasteiger charge is 2.42. The van der Waals surface area contributed by atoms with Gasteiger partial charge in [-0.1, -0.05) is 11.3 Å². The van der Waals surface area contributed by atoms with Crippen LogP contribution in [0.25, 0.3) is 27.5 Å². The Morgan fingerprint density at radius 2 is 1.97 bits per heavy atom. The molecule has 2 bridgehead atoms. The van der Waals surface area contributed by atoms with Crippen molar-refractivity contribution in [1.82, 2.24) is 24.8 Å². The maximum absolute atomic E-state index is 10.4. The lowest BCUT2D eigenvalue weighted by Crippen LogP contribution is -2.53. The summed E-state index contributed by atoms with van der Waals surface area (Å²) in [6.45, 7) is 5.03. The summed E-state index contributed by atoms with van der Waals surface area (Å²) < 4.78 is 7.28. The lowest BCUT2D eigenvalue weighted by Gasteiger charge is -2.40. The number of ether oxygens (including phenoxy) is 1. The second-order valence-electron chi connectivity index (χ2n) is 10.6. The van der Waals surface area contributed by atoms with Gasteiger partial charge in [-0.15, -0.1) is 10.2 Å². The zero-order valence-corrected chi connectivity index (χ0v) is 21.1. The number of fused-ring (bicyclic) bond motifs is 3. The van der Waals surface area contributed by atoms with Crippen molar-refractivity contribution in [1.29, 1.82) is 5.26 Å². The summed E-state index contributed by atoms with van der Waals surface area (Å²) in [5, 5.41) is 38.5. The first-order valence-corrected chi connectivity index (χ1v) is 13.3. The van der Waals surface area contributed by atoms with Crippen LogP contribution >= 0.6 is 11.3 Å². The molecule has 7 rings (SSSR count). The molecule has 1 unspecified atom stereocenters. The Balaban J connectivity index is 1.25. The topological polar surface area (TPSA) is 124 Å². The predicted molar refractivity (Wildman–Crippen MR) is 139 cm³/mol. The van der Waals surface area contributed by atoms with Gasteiger partial charge in [0, 0.05) is 36.8 Å². The lowest BCUT2D eigenvalue weighted by atomic mass is 9.96. The Morgan fingerprint density at radius 1 is 1.16 bits per heavy atom. The molecule has 2 N–H and O–H groups in total.